The average Bonchev–Trinajstić information content (AvgIpc) is 3.19. The number of carbonyl (C=O) groups excluding carboxylic acids is 1. The Morgan fingerprint density at radius 3 is 2.53 bits per heavy atom. The Kier molecular flexibility index (Phi) is 12.0. The van der Waals surface area contributed by atoms with Crippen molar-refractivity contribution < 1.29 is 32.9 Å². The number of anilines is 2. The summed E-state index contributed by atoms with van der Waals surface area (Å²) in [7, 11) is 0.323. The van der Waals surface area contributed by atoms with E-state index in [2.05, 4.69) is 24.5 Å². The second-order valence-corrected chi connectivity index (χ2v) is 15.7. The Morgan fingerprint density at radius 2 is 1.84 bits per heavy atom. The van der Waals surface area contributed by atoms with E-state index >= 15 is 0 Å². The summed E-state index contributed by atoms with van der Waals surface area (Å²) in [5.41, 5.74) is 3.67. The molecule has 0 aromatic heterocycles. The Balaban J connectivity index is 1.38. The number of hydrogen-bond donors (Lipinski definition) is 4. The summed E-state index contributed by atoms with van der Waals surface area (Å²) in [6.07, 6.45) is 0.873. The normalized spacial score (nSPS) is 26.3. The van der Waals surface area contributed by atoms with Crippen LogP contribution in [-0.2, 0) is 25.9 Å². The predicted octanol–water partition coefficient (Wildman–Crippen LogP) is 5.82. The number of amides is 2. The number of benzene rings is 3. The first-order valence-corrected chi connectivity index (χ1v) is 18.9. The summed E-state index contributed by atoms with van der Waals surface area (Å²) in [5.74, 6) is -0.110. The van der Waals surface area contributed by atoms with Gasteiger partial charge in [0, 0.05) is 37.8 Å². The Hall–Kier alpha value is -3.48. The SMILES string of the molecule is CCCC[C@@]1(CC)C[C@H](c2cccc(NC(=O)N[C@@H]3O[C@H](CO)C[C@H](OCc4ccccc4)[C@H]3O)c2)c2cc(N(C)C)ccc2S(=O)(=O)C1. The molecule has 49 heavy (non-hydrogen) atoms. The van der Waals surface area contributed by atoms with Crippen LogP contribution in [0.1, 0.15) is 75.0 Å². The molecule has 4 N–H and O–H groups in total. The molecule has 3 aromatic rings. The minimum absolute atomic E-state index is 0.107. The fourth-order valence-corrected chi connectivity index (χ4v) is 9.41. The first-order valence-electron chi connectivity index (χ1n) is 17.3. The van der Waals surface area contributed by atoms with Crippen molar-refractivity contribution in [2.45, 2.75) is 94.3 Å². The predicted molar refractivity (Wildman–Crippen MR) is 192 cm³/mol. The quantitative estimate of drug-likeness (QED) is 0.186. The number of carbonyl (C=O) groups is 1. The van der Waals surface area contributed by atoms with Gasteiger partial charge in [-0.05, 0) is 71.7 Å². The standard InChI is InChI=1S/C38H51N3O7S/c1-5-7-18-38(6-2)22-32(31-20-29(41(3)4)16-17-34(31)49(45,46)25-38)27-14-11-15-28(19-27)39-37(44)40-36-35(43)33(21-30(23-42)48-36)47-24-26-12-9-8-10-13-26/h8-17,19-20,30,32-33,35-36,42-43H,5-7,18,21-25H2,1-4H3,(H2,39,40,44)/t30-,32+,33-,35+,36+,38-/m0/s1. The van der Waals surface area contributed by atoms with Crippen LogP contribution in [0.25, 0.3) is 0 Å². The number of hydrogen-bond acceptors (Lipinski definition) is 8. The number of aliphatic hydroxyl groups is 2. The lowest BCUT2D eigenvalue weighted by Gasteiger charge is -2.38. The second kappa shape index (κ2) is 16.0. The van der Waals surface area contributed by atoms with Gasteiger partial charge in [0.25, 0.3) is 0 Å². The third-order valence-corrected chi connectivity index (χ3v) is 12.1. The molecule has 5 rings (SSSR count). The fraction of sp³-hybridized carbons (Fsp3) is 0.500. The van der Waals surface area contributed by atoms with Crippen molar-refractivity contribution in [3.63, 3.8) is 0 Å². The Labute approximate surface area is 290 Å². The van der Waals surface area contributed by atoms with E-state index in [0.717, 1.165) is 48.1 Å². The average molecular weight is 694 g/mol. The highest BCUT2D eigenvalue weighted by Crippen LogP contribution is 2.49. The maximum absolute atomic E-state index is 14.0. The molecule has 10 nitrogen and oxygen atoms in total. The van der Waals surface area contributed by atoms with Gasteiger partial charge in [-0.1, -0.05) is 69.2 Å². The van der Waals surface area contributed by atoms with E-state index < -0.39 is 45.8 Å². The zero-order chi connectivity index (χ0) is 35.2. The molecule has 2 heterocycles. The monoisotopic (exact) mass is 693 g/mol. The first kappa shape index (κ1) is 36.8. The number of nitrogens with one attached hydrogen (secondary N) is 2. The molecule has 6 atom stereocenters. The van der Waals surface area contributed by atoms with Gasteiger partial charge in [-0.15, -0.1) is 0 Å². The second-order valence-electron chi connectivity index (χ2n) is 13.7. The van der Waals surface area contributed by atoms with Gasteiger partial charge in [0.1, 0.15) is 6.10 Å². The van der Waals surface area contributed by atoms with Crippen molar-refractivity contribution >= 4 is 27.2 Å². The highest BCUT2D eigenvalue weighted by Gasteiger charge is 2.43. The minimum atomic E-state index is -3.56. The van der Waals surface area contributed by atoms with Gasteiger partial charge < -0.3 is 35.2 Å². The largest absolute Gasteiger partial charge is 0.394 e. The van der Waals surface area contributed by atoms with E-state index in [1.54, 1.807) is 12.1 Å². The summed E-state index contributed by atoms with van der Waals surface area (Å²) >= 11 is 0. The number of unbranched alkanes of at least 4 members (excludes halogenated alkanes) is 1. The number of urea groups is 1. The zero-order valence-corrected chi connectivity index (χ0v) is 29.8. The van der Waals surface area contributed by atoms with E-state index in [1.807, 2.05) is 79.7 Å². The van der Waals surface area contributed by atoms with E-state index in [9.17, 15) is 23.4 Å². The molecule has 0 bridgehead atoms. The van der Waals surface area contributed by atoms with Gasteiger partial charge in [0.15, 0.2) is 16.1 Å². The molecule has 0 saturated carbocycles. The summed E-state index contributed by atoms with van der Waals surface area (Å²) in [6.45, 7) is 4.20. The topological polar surface area (TPSA) is 137 Å². The van der Waals surface area contributed by atoms with E-state index in [-0.39, 0.29) is 31.3 Å². The molecule has 1 saturated heterocycles. The highest BCUT2D eigenvalue weighted by atomic mass is 32.2. The van der Waals surface area contributed by atoms with E-state index in [1.165, 1.54) is 0 Å². The molecule has 1 fully saturated rings. The van der Waals surface area contributed by atoms with Gasteiger partial charge in [-0.3, -0.25) is 0 Å². The third kappa shape index (κ3) is 8.82. The number of rotatable bonds is 12. The first-order chi connectivity index (χ1) is 23.5. The van der Waals surface area contributed by atoms with Crippen molar-refractivity contribution in [3.05, 3.63) is 89.5 Å². The molecule has 2 aliphatic heterocycles. The van der Waals surface area contributed by atoms with Crippen molar-refractivity contribution in [2.24, 2.45) is 5.41 Å². The molecule has 0 unspecified atom stereocenters. The Bertz CT molecular complexity index is 1670. The fourth-order valence-electron chi connectivity index (χ4n) is 7.15. The highest BCUT2D eigenvalue weighted by molar-refractivity contribution is 7.91. The summed E-state index contributed by atoms with van der Waals surface area (Å²) in [5, 5.41) is 26.5. The lowest BCUT2D eigenvalue weighted by molar-refractivity contribution is -0.198. The van der Waals surface area contributed by atoms with Gasteiger partial charge in [0.05, 0.1) is 36.1 Å². The lowest BCUT2D eigenvalue weighted by Crippen LogP contribution is -2.58. The third-order valence-electron chi connectivity index (χ3n) is 10.0. The van der Waals surface area contributed by atoms with Crippen LogP contribution in [0.3, 0.4) is 0 Å². The van der Waals surface area contributed by atoms with Crippen LogP contribution >= 0.6 is 0 Å². The van der Waals surface area contributed by atoms with Crippen LogP contribution in [0, 0.1) is 5.41 Å². The summed E-state index contributed by atoms with van der Waals surface area (Å²) < 4.78 is 39.7. The van der Waals surface area contributed by atoms with Crippen LogP contribution < -0.4 is 15.5 Å². The molecule has 2 amide bonds. The van der Waals surface area contributed by atoms with Crippen molar-refractivity contribution in [3.8, 4) is 0 Å². The summed E-state index contributed by atoms with van der Waals surface area (Å²) in [4.78, 5) is 15.7. The number of sulfone groups is 1. The van der Waals surface area contributed by atoms with Gasteiger partial charge >= 0.3 is 6.03 Å². The molecule has 0 spiro atoms. The molecular formula is C38H51N3O7S. The molecule has 3 aromatic carbocycles. The van der Waals surface area contributed by atoms with Crippen molar-refractivity contribution in [1.29, 1.82) is 0 Å². The smallest absolute Gasteiger partial charge is 0.321 e. The number of ether oxygens (including phenoxy) is 2. The number of nitrogens with zero attached hydrogens (tertiary/aromatic N) is 1. The van der Waals surface area contributed by atoms with Crippen LogP contribution in [0.15, 0.2) is 77.7 Å². The van der Waals surface area contributed by atoms with Gasteiger partial charge in [-0.2, -0.15) is 0 Å². The number of fused-ring (bicyclic) bond motifs is 1. The molecule has 0 radical (unpaired) electrons. The van der Waals surface area contributed by atoms with E-state index in [0.29, 0.717) is 17.0 Å². The minimum Gasteiger partial charge on any atom is -0.394 e. The van der Waals surface area contributed by atoms with Crippen LogP contribution in [0.4, 0.5) is 16.2 Å². The van der Waals surface area contributed by atoms with Gasteiger partial charge in [0.2, 0.25) is 0 Å². The molecule has 0 aliphatic carbocycles. The maximum atomic E-state index is 14.0. The maximum Gasteiger partial charge on any atom is 0.321 e. The molecule has 11 heteroatoms. The van der Waals surface area contributed by atoms with Crippen molar-refractivity contribution in [2.75, 3.05) is 36.7 Å². The van der Waals surface area contributed by atoms with E-state index in [4.69, 9.17) is 9.47 Å². The number of aliphatic hydroxyl groups excluding tert-OH is 2. The molecular weight excluding hydrogens is 642 g/mol. The van der Waals surface area contributed by atoms with Crippen molar-refractivity contribution in [1.82, 2.24) is 5.32 Å². The lowest BCUT2D eigenvalue weighted by atomic mass is 9.71. The van der Waals surface area contributed by atoms with Gasteiger partial charge in [-0.25, -0.2) is 13.2 Å². The molecule has 266 valence electrons. The summed E-state index contributed by atoms with van der Waals surface area (Å²) in [6, 6.07) is 22.1. The zero-order valence-electron chi connectivity index (χ0n) is 29.0. The van der Waals surface area contributed by atoms with Crippen LogP contribution in [0.2, 0.25) is 0 Å². The van der Waals surface area contributed by atoms with Crippen LogP contribution in [-0.4, -0.2) is 75.7 Å². The van der Waals surface area contributed by atoms with Crippen LogP contribution in [0.5, 0.6) is 0 Å². The Morgan fingerprint density at radius 1 is 1.06 bits per heavy atom. The molecule has 2 aliphatic rings.